The van der Waals surface area contributed by atoms with Crippen LogP contribution in [0.2, 0.25) is 0 Å². The number of fused-ring (bicyclic) bond motifs is 2. The molecule has 3 aliphatic carbocycles. The van der Waals surface area contributed by atoms with Gasteiger partial charge in [0.05, 0.1) is 5.41 Å². The Bertz CT molecular complexity index is 1510. The van der Waals surface area contributed by atoms with Crippen LogP contribution in [0.3, 0.4) is 0 Å². The molecule has 1 aromatic carbocycles. The molecule has 0 unspecified atom stereocenters. The summed E-state index contributed by atoms with van der Waals surface area (Å²) in [4.78, 5) is 45.2. The van der Waals surface area contributed by atoms with Gasteiger partial charge in [0, 0.05) is 5.56 Å². The Morgan fingerprint density at radius 2 is 1.61 bits per heavy atom. The van der Waals surface area contributed by atoms with Gasteiger partial charge >= 0.3 is 0 Å². The van der Waals surface area contributed by atoms with Crippen molar-refractivity contribution in [1.82, 2.24) is 0 Å². The van der Waals surface area contributed by atoms with E-state index in [-0.39, 0.29) is 52.1 Å². The minimum Gasteiger partial charge on any atom is -0.504 e. The van der Waals surface area contributed by atoms with E-state index in [9.17, 15) is 15.0 Å². The van der Waals surface area contributed by atoms with Gasteiger partial charge in [-0.05, 0) is 120 Å². The van der Waals surface area contributed by atoms with Crippen LogP contribution in [0.5, 0.6) is 11.5 Å². The summed E-state index contributed by atoms with van der Waals surface area (Å²) in [7, 11) is 0. The molecule has 0 radical (unpaired) electrons. The monoisotopic (exact) mass is 602 g/mol. The molecule has 1 saturated heterocycles. The highest BCUT2D eigenvalue weighted by molar-refractivity contribution is 6.35. The maximum atomic E-state index is 15.4. The molecule has 0 aromatic heterocycles. The number of ether oxygens (including phenoxy) is 1. The van der Waals surface area contributed by atoms with Gasteiger partial charge in [0.15, 0.2) is 28.8 Å². The van der Waals surface area contributed by atoms with Crippen molar-refractivity contribution in [2.24, 2.45) is 33.5 Å². The lowest BCUT2D eigenvalue weighted by Crippen LogP contribution is -2.70. The summed E-state index contributed by atoms with van der Waals surface area (Å²) < 4.78 is 7.03. The zero-order valence-electron chi connectivity index (χ0n) is 28.0. The number of hydrogen-bond donors (Lipinski definition) is 2. The van der Waals surface area contributed by atoms with Crippen molar-refractivity contribution in [3.63, 3.8) is 0 Å². The van der Waals surface area contributed by atoms with Crippen molar-refractivity contribution in [3.05, 3.63) is 58.4 Å². The molecule has 1 aromatic rings. The fourth-order valence-corrected chi connectivity index (χ4v) is 9.10. The predicted molar refractivity (Wildman–Crippen MR) is 171 cm³/mol. The number of carbonyl (C=O) groups is 3. The maximum Gasteiger partial charge on any atom is 0.200 e. The topological polar surface area (TPSA) is 101 Å². The second-order valence-corrected chi connectivity index (χ2v) is 16.2. The standard InChI is InChI=1S/C38H50O6/c1-22(2)10-12-25-19-37-20-26-15-16-34(5,6)21-36(26,9)44-32(37)29(30(41)24-11-13-27(39)28(40)18-24)31(42)38(33(37)43,35(25,7)8)17-14-23(3)4/h10-11,13-14,18,25-26,39-40H,12,15-17,19-21H2,1-9H3/t25-,26-,36-,37+,38+/m0/s1. The van der Waals surface area contributed by atoms with Gasteiger partial charge in [0.1, 0.15) is 22.3 Å². The fraction of sp³-hybridized carbons (Fsp3) is 0.605. The largest absolute Gasteiger partial charge is 0.504 e. The number of benzene rings is 1. The summed E-state index contributed by atoms with van der Waals surface area (Å²) in [5.41, 5.74) is -1.73. The molecule has 2 N–H and O–H groups in total. The van der Waals surface area contributed by atoms with Crippen molar-refractivity contribution in [2.75, 3.05) is 0 Å². The highest BCUT2D eigenvalue weighted by atomic mass is 16.5. The minimum atomic E-state index is -1.46. The molecule has 0 amide bonds. The zero-order chi connectivity index (χ0) is 32.6. The van der Waals surface area contributed by atoms with Crippen molar-refractivity contribution in [3.8, 4) is 11.5 Å². The van der Waals surface area contributed by atoms with E-state index in [2.05, 4.69) is 40.7 Å². The van der Waals surface area contributed by atoms with Crippen molar-refractivity contribution < 1.29 is 29.3 Å². The highest BCUT2D eigenvalue weighted by Crippen LogP contribution is 2.70. The average molecular weight is 603 g/mol. The molecular formula is C38H50O6. The Kier molecular flexibility index (Phi) is 7.66. The lowest BCUT2D eigenvalue weighted by Gasteiger charge is -2.65. The average Bonchev–Trinajstić information content (AvgIpc) is 2.90. The minimum absolute atomic E-state index is 0.00182. The number of phenols is 2. The normalized spacial score (nSPS) is 33.5. The van der Waals surface area contributed by atoms with Gasteiger partial charge in [0.2, 0.25) is 0 Å². The first kappa shape index (κ1) is 32.2. The summed E-state index contributed by atoms with van der Waals surface area (Å²) in [5.74, 6) is -1.59. The fourth-order valence-electron chi connectivity index (χ4n) is 9.10. The Hall–Kier alpha value is -3.15. The molecule has 2 bridgehead atoms. The Labute approximate surface area is 262 Å². The third-order valence-electron chi connectivity index (χ3n) is 11.7. The second kappa shape index (κ2) is 10.5. The SMILES string of the molecule is CC(C)=CC[C@H]1C[C@@]23C[C@@H]4CCC(C)(C)C[C@]4(C)OC2=C(C(=O)c2ccc(O)c(O)c2)C(=O)[C@](CC=C(C)C)(C3=O)C1(C)C. The van der Waals surface area contributed by atoms with Crippen LogP contribution in [0.1, 0.15) is 118 Å². The quantitative estimate of drug-likeness (QED) is 0.111. The Morgan fingerprint density at radius 3 is 2.23 bits per heavy atom. The van der Waals surface area contributed by atoms with Crippen LogP contribution >= 0.6 is 0 Å². The first-order valence-electron chi connectivity index (χ1n) is 16.2. The van der Waals surface area contributed by atoms with Gasteiger partial charge in [-0.3, -0.25) is 14.4 Å². The number of aromatic hydroxyl groups is 2. The maximum absolute atomic E-state index is 15.4. The lowest BCUT2D eigenvalue weighted by atomic mass is 9.38. The number of allylic oxidation sites excluding steroid dienone is 6. The van der Waals surface area contributed by atoms with Gasteiger partial charge in [0.25, 0.3) is 0 Å². The van der Waals surface area contributed by atoms with Crippen LogP contribution in [0.25, 0.3) is 0 Å². The van der Waals surface area contributed by atoms with Crippen LogP contribution < -0.4 is 0 Å². The first-order valence-corrected chi connectivity index (χ1v) is 16.2. The second-order valence-electron chi connectivity index (χ2n) is 16.2. The molecule has 238 valence electrons. The van der Waals surface area contributed by atoms with Gasteiger partial charge in [-0.2, -0.15) is 0 Å². The molecule has 5 atom stereocenters. The van der Waals surface area contributed by atoms with Gasteiger partial charge < -0.3 is 14.9 Å². The van der Waals surface area contributed by atoms with Crippen molar-refractivity contribution in [2.45, 2.75) is 113 Å². The molecule has 6 nitrogen and oxygen atoms in total. The molecule has 1 aliphatic heterocycles. The van der Waals surface area contributed by atoms with E-state index in [1.54, 1.807) is 0 Å². The molecule has 6 heteroatoms. The van der Waals surface area contributed by atoms with E-state index in [1.165, 1.54) is 23.8 Å². The molecule has 4 aliphatic rings. The molecule has 1 heterocycles. The van der Waals surface area contributed by atoms with Crippen LogP contribution in [0.4, 0.5) is 0 Å². The predicted octanol–water partition coefficient (Wildman–Crippen LogP) is 8.42. The van der Waals surface area contributed by atoms with Crippen LogP contribution in [0, 0.1) is 33.5 Å². The third kappa shape index (κ3) is 4.70. The van der Waals surface area contributed by atoms with E-state index < -0.39 is 39.2 Å². The van der Waals surface area contributed by atoms with Gasteiger partial charge in [-0.1, -0.05) is 51.0 Å². The Balaban J connectivity index is 1.83. The third-order valence-corrected chi connectivity index (χ3v) is 11.7. The van der Waals surface area contributed by atoms with Gasteiger partial charge in [-0.15, -0.1) is 0 Å². The Morgan fingerprint density at radius 1 is 0.955 bits per heavy atom. The number of hydrogen-bond acceptors (Lipinski definition) is 6. The summed E-state index contributed by atoms with van der Waals surface area (Å²) in [6, 6.07) is 3.86. The van der Waals surface area contributed by atoms with E-state index in [4.69, 9.17) is 4.74 Å². The zero-order valence-corrected chi connectivity index (χ0v) is 28.0. The van der Waals surface area contributed by atoms with E-state index in [0.29, 0.717) is 12.8 Å². The number of rotatable bonds is 6. The van der Waals surface area contributed by atoms with E-state index in [0.717, 1.165) is 31.3 Å². The first-order chi connectivity index (χ1) is 20.3. The molecule has 1 spiro atoms. The highest BCUT2D eigenvalue weighted by Gasteiger charge is 2.75. The van der Waals surface area contributed by atoms with Crippen molar-refractivity contribution >= 4 is 17.3 Å². The summed E-state index contributed by atoms with van der Waals surface area (Å²) in [6.07, 6.45) is 8.88. The van der Waals surface area contributed by atoms with Crippen LogP contribution in [-0.4, -0.2) is 33.2 Å². The van der Waals surface area contributed by atoms with Gasteiger partial charge in [-0.25, -0.2) is 0 Å². The summed E-state index contributed by atoms with van der Waals surface area (Å²) in [5, 5.41) is 20.3. The number of Topliss-reactive ketones (excluding diaryl/α,β-unsaturated/α-hetero) is 3. The smallest absolute Gasteiger partial charge is 0.200 e. The molecular weight excluding hydrogens is 552 g/mol. The van der Waals surface area contributed by atoms with Crippen molar-refractivity contribution in [1.29, 1.82) is 0 Å². The molecule has 2 saturated carbocycles. The van der Waals surface area contributed by atoms with Crippen LogP contribution in [0.15, 0.2) is 52.8 Å². The molecule has 3 fully saturated rings. The summed E-state index contributed by atoms with van der Waals surface area (Å²) in [6.45, 7) is 18.7. The van der Waals surface area contributed by atoms with E-state index in [1.807, 2.05) is 33.8 Å². The molecule has 44 heavy (non-hydrogen) atoms. The lowest BCUT2D eigenvalue weighted by molar-refractivity contribution is -0.200. The number of phenolic OH excluding ortho intramolecular Hbond substituents is 2. The van der Waals surface area contributed by atoms with Crippen LogP contribution in [-0.2, 0) is 14.3 Å². The van der Waals surface area contributed by atoms with E-state index >= 15 is 9.59 Å². The summed E-state index contributed by atoms with van der Waals surface area (Å²) >= 11 is 0. The number of carbonyl (C=O) groups excluding carboxylic acids is 3. The molecule has 5 rings (SSSR count). The number of ketones is 3.